The predicted octanol–water partition coefficient (Wildman–Crippen LogP) is 4.27. The van der Waals surface area contributed by atoms with Crippen molar-refractivity contribution >= 4 is 17.6 Å². The lowest BCUT2D eigenvalue weighted by Gasteiger charge is -2.60. The standard InChI is InChI=1S/C36H58N4O4/c1-21-8-13-36(37-20-21)22(2)33-29(44-36)17-28-26-7-6-23-16-25(9-12-34(23,3)27(26)18-30(41)35(28,33)4)39-32(43)19-31(42)38-24-10-14-40(5)15-11-24/h21-29,33,37H,6-20H2,1-5H3,(H,38,42)(H,39,43)/t21-,22-,23+,25-,26+,27-,28-,29-,33-,34-,35+,36+/m0/s1. The first-order chi connectivity index (χ1) is 20.9. The normalized spacial score (nSPS) is 49.1. The molecule has 3 N–H and O–H groups in total. The van der Waals surface area contributed by atoms with Crippen LogP contribution in [0.4, 0.5) is 0 Å². The van der Waals surface area contributed by atoms with Crippen molar-refractivity contribution in [1.82, 2.24) is 20.9 Å². The summed E-state index contributed by atoms with van der Waals surface area (Å²) in [5, 5.41) is 10.1. The van der Waals surface area contributed by atoms with Gasteiger partial charge in [0.05, 0.1) is 6.10 Å². The number of amides is 2. The van der Waals surface area contributed by atoms with Crippen molar-refractivity contribution in [2.24, 2.45) is 52.3 Å². The Kier molecular flexibility index (Phi) is 8.01. The summed E-state index contributed by atoms with van der Waals surface area (Å²) in [4.78, 5) is 42.1. The largest absolute Gasteiger partial charge is 0.357 e. The van der Waals surface area contributed by atoms with Gasteiger partial charge < -0.3 is 20.3 Å². The molecule has 0 unspecified atom stereocenters. The molecule has 0 aromatic heterocycles. The van der Waals surface area contributed by atoms with E-state index in [0.29, 0.717) is 53.6 Å². The minimum Gasteiger partial charge on any atom is -0.357 e. The Bertz CT molecular complexity index is 1140. The van der Waals surface area contributed by atoms with Crippen LogP contribution in [0.1, 0.15) is 105 Å². The minimum absolute atomic E-state index is 0.0805. The number of hydrogen-bond acceptors (Lipinski definition) is 6. The fraction of sp³-hybridized carbons (Fsp3) is 0.917. The first-order valence-corrected chi connectivity index (χ1v) is 18.2. The molecule has 0 aromatic carbocycles. The molecule has 0 radical (unpaired) electrons. The lowest BCUT2D eigenvalue weighted by molar-refractivity contribution is -0.160. The van der Waals surface area contributed by atoms with Gasteiger partial charge in [0.25, 0.3) is 0 Å². The number of rotatable bonds is 4. The Morgan fingerprint density at radius 2 is 1.66 bits per heavy atom. The Morgan fingerprint density at radius 3 is 2.36 bits per heavy atom. The number of ether oxygens (including phenoxy) is 1. The molecule has 7 fully saturated rings. The molecule has 4 saturated carbocycles. The van der Waals surface area contributed by atoms with Gasteiger partial charge in [-0.1, -0.05) is 27.7 Å². The molecule has 8 nitrogen and oxygen atoms in total. The SMILES string of the molecule is C[C@H]1CC[C@@]2(NC1)O[C@H]1C[C@H]3[C@@H]4CC[C@@H]5C[C@@H](NC(=O)CC(=O)NC6CCN(C)CC6)CC[C@]5(C)[C@H]4CC(=O)[C@]3(C)[C@H]1[C@@H]2C. The summed E-state index contributed by atoms with van der Waals surface area (Å²) in [6, 6.07) is 0.306. The van der Waals surface area contributed by atoms with E-state index in [0.717, 1.165) is 64.6 Å². The summed E-state index contributed by atoms with van der Waals surface area (Å²) in [6.07, 6.45) is 11.3. The Labute approximate surface area is 264 Å². The minimum atomic E-state index is -0.276. The highest BCUT2D eigenvalue weighted by atomic mass is 16.5. The molecule has 3 aliphatic heterocycles. The molecule has 3 saturated heterocycles. The maximum absolute atomic E-state index is 14.4. The van der Waals surface area contributed by atoms with E-state index in [-0.39, 0.29) is 53.0 Å². The van der Waals surface area contributed by atoms with Crippen molar-refractivity contribution in [3.8, 4) is 0 Å². The van der Waals surface area contributed by atoms with Gasteiger partial charge in [-0.2, -0.15) is 0 Å². The number of piperidine rings is 2. The van der Waals surface area contributed by atoms with Crippen LogP contribution in [-0.2, 0) is 19.1 Å². The van der Waals surface area contributed by atoms with Crippen LogP contribution in [0.25, 0.3) is 0 Å². The van der Waals surface area contributed by atoms with Crippen molar-refractivity contribution in [3.63, 3.8) is 0 Å². The van der Waals surface area contributed by atoms with E-state index in [1.54, 1.807) is 0 Å². The van der Waals surface area contributed by atoms with Gasteiger partial charge in [-0.05, 0) is 119 Å². The number of likely N-dealkylation sites (tertiary alicyclic amines) is 1. The smallest absolute Gasteiger partial charge is 0.229 e. The van der Waals surface area contributed by atoms with E-state index in [1.165, 1.54) is 19.3 Å². The van der Waals surface area contributed by atoms with Crippen LogP contribution in [0.15, 0.2) is 0 Å². The predicted molar refractivity (Wildman–Crippen MR) is 169 cm³/mol. The number of carbonyl (C=O) groups is 3. The van der Waals surface area contributed by atoms with E-state index < -0.39 is 0 Å². The zero-order valence-corrected chi connectivity index (χ0v) is 28.0. The average molecular weight is 611 g/mol. The number of carbonyl (C=O) groups excluding carboxylic acids is 3. The van der Waals surface area contributed by atoms with Crippen LogP contribution in [0.5, 0.6) is 0 Å². The highest BCUT2D eigenvalue weighted by Crippen LogP contribution is 2.70. The number of fused-ring (bicyclic) bond motifs is 7. The van der Waals surface area contributed by atoms with Gasteiger partial charge in [-0.3, -0.25) is 19.7 Å². The molecular weight excluding hydrogens is 552 g/mol. The molecular formula is C36H58N4O4. The average Bonchev–Trinajstić information content (AvgIpc) is 3.43. The molecule has 0 aromatic rings. The Balaban J connectivity index is 0.973. The van der Waals surface area contributed by atoms with E-state index in [9.17, 15) is 14.4 Å². The van der Waals surface area contributed by atoms with Crippen molar-refractivity contribution < 1.29 is 19.1 Å². The highest BCUT2D eigenvalue weighted by Gasteiger charge is 2.71. The van der Waals surface area contributed by atoms with Crippen molar-refractivity contribution in [2.75, 3.05) is 26.7 Å². The molecule has 8 heteroatoms. The molecule has 12 atom stereocenters. The molecule has 7 rings (SSSR count). The van der Waals surface area contributed by atoms with Crippen LogP contribution in [-0.4, -0.2) is 73.1 Å². The molecule has 246 valence electrons. The molecule has 3 heterocycles. The monoisotopic (exact) mass is 610 g/mol. The molecule has 2 amide bonds. The van der Waals surface area contributed by atoms with Crippen molar-refractivity contribution in [1.29, 1.82) is 0 Å². The third kappa shape index (κ3) is 4.99. The van der Waals surface area contributed by atoms with Crippen molar-refractivity contribution in [2.45, 2.75) is 129 Å². The second-order valence-electron chi connectivity index (χ2n) is 17.0. The van der Waals surface area contributed by atoms with Gasteiger partial charge in [0.1, 0.15) is 17.9 Å². The summed E-state index contributed by atoms with van der Waals surface area (Å²) in [7, 11) is 2.11. The molecule has 0 bridgehead atoms. The Hall–Kier alpha value is -1.51. The second kappa shape index (κ2) is 11.3. The van der Waals surface area contributed by atoms with E-state index in [2.05, 4.69) is 55.6 Å². The zero-order valence-electron chi connectivity index (χ0n) is 28.0. The maximum Gasteiger partial charge on any atom is 0.229 e. The Morgan fingerprint density at radius 1 is 0.932 bits per heavy atom. The van der Waals surface area contributed by atoms with Gasteiger partial charge in [0, 0.05) is 42.3 Å². The van der Waals surface area contributed by atoms with E-state index >= 15 is 0 Å². The molecule has 44 heavy (non-hydrogen) atoms. The maximum atomic E-state index is 14.4. The molecule has 4 aliphatic carbocycles. The fourth-order valence-corrected chi connectivity index (χ4v) is 12.1. The summed E-state index contributed by atoms with van der Waals surface area (Å²) >= 11 is 0. The summed E-state index contributed by atoms with van der Waals surface area (Å²) in [5.74, 6) is 3.51. The first kappa shape index (κ1) is 31.1. The third-order valence-corrected chi connectivity index (χ3v) is 14.8. The second-order valence-corrected chi connectivity index (χ2v) is 17.0. The number of ketones is 1. The van der Waals surface area contributed by atoms with Gasteiger partial charge in [-0.15, -0.1) is 0 Å². The number of nitrogens with zero attached hydrogens (tertiary/aromatic N) is 1. The van der Waals surface area contributed by atoms with Gasteiger partial charge in [-0.25, -0.2) is 0 Å². The third-order valence-electron chi connectivity index (χ3n) is 14.8. The van der Waals surface area contributed by atoms with Gasteiger partial charge >= 0.3 is 0 Å². The highest BCUT2D eigenvalue weighted by molar-refractivity contribution is 5.97. The number of nitrogens with one attached hydrogen (secondary N) is 3. The number of hydrogen-bond donors (Lipinski definition) is 3. The van der Waals surface area contributed by atoms with Crippen LogP contribution < -0.4 is 16.0 Å². The van der Waals surface area contributed by atoms with Gasteiger partial charge in [0.15, 0.2) is 0 Å². The summed E-state index contributed by atoms with van der Waals surface area (Å²) in [5.41, 5.74) is -0.381. The van der Waals surface area contributed by atoms with Crippen LogP contribution in [0.2, 0.25) is 0 Å². The van der Waals surface area contributed by atoms with Gasteiger partial charge in [0.2, 0.25) is 11.8 Å². The first-order valence-electron chi connectivity index (χ1n) is 18.2. The molecule has 1 spiro atoms. The van der Waals surface area contributed by atoms with E-state index in [1.807, 2.05) is 0 Å². The van der Waals surface area contributed by atoms with Crippen LogP contribution in [0.3, 0.4) is 0 Å². The van der Waals surface area contributed by atoms with Crippen LogP contribution in [0, 0.1) is 52.3 Å². The number of Topliss-reactive ketones (excluding diaryl/α,β-unsaturated/α-hetero) is 1. The van der Waals surface area contributed by atoms with Crippen molar-refractivity contribution in [3.05, 3.63) is 0 Å². The summed E-state index contributed by atoms with van der Waals surface area (Å²) in [6.45, 7) is 12.5. The lowest BCUT2D eigenvalue weighted by atomic mass is 9.44. The quantitative estimate of drug-likeness (QED) is 0.412. The molecule has 7 aliphatic rings. The zero-order chi connectivity index (χ0) is 31.0. The lowest BCUT2D eigenvalue weighted by Crippen LogP contribution is -2.60. The summed E-state index contributed by atoms with van der Waals surface area (Å²) < 4.78 is 6.98. The van der Waals surface area contributed by atoms with Crippen LogP contribution >= 0.6 is 0 Å². The van der Waals surface area contributed by atoms with E-state index in [4.69, 9.17) is 4.74 Å². The fourth-order valence-electron chi connectivity index (χ4n) is 12.1. The topological polar surface area (TPSA) is 99.8 Å².